The molecule has 0 bridgehead atoms. The summed E-state index contributed by atoms with van der Waals surface area (Å²) >= 11 is 0. The second-order valence-electron chi connectivity index (χ2n) is 7.14. The van der Waals surface area contributed by atoms with Gasteiger partial charge in [-0.3, -0.25) is 19.7 Å². The number of methoxy groups -OCH3 is 1. The van der Waals surface area contributed by atoms with Crippen molar-refractivity contribution in [1.29, 1.82) is 0 Å². The average Bonchev–Trinajstić information content (AvgIpc) is 3.04. The van der Waals surface area contributed by atoms with Crippen molar-refractivity contribution in [1.82, 2.24) is 4.90 Å². The third kappa shape index (κ3) is 4.62. The van der Waals surface area contributed by atoms with Crippen molar-refractivity contribution in [3.05, 3.63) is 75.3 Å². The molecule has 1 saturated heterocycles. The summed E-state index contributed by atoms with van der Waals surface area (Å²) in [5, 5.41) is 22.0. The number of rotatable bonds is 9. The molecule has 0 spiro atoms. The Kier molecular flexibility index (Phi) is 7.21. The minimum atomic E-state index is -0.876. The molecule has 1 heterocycles. The fourth-order valence-electron chi connectivity index (χ4n) is 3.65. The van der Waals surface area contributed by atoms with Gasteiger partial charge in [-0.25, -0.2) is 0 Å². The van der Waals surface area contributed by atoms with Crippen LogP contribution in [-0.2, 0) is 14.3 Å². The minimum absolute atomic E-state index is 0.0644. The normalized spacial score (nSPS) is 17.6. The van der Waals surface area contributed by atoms with Gasteiger partial charge in [0.1, 0.15) is 11.5 Å². The molecule has 0 radical (unpaired) electrons. The molecule has 1 fully saturated rings. The molecular weight excluding hydrogens is 416 g/mol. The number of ketones is 1. The quantitative estimate of drug-likeness (QED) is 0.158. The number of non-ortho nitro benzene ring substituents is 1. The second kappa shape index (κ2) is 10.1. The van der Waals surface area contributed by atoms with E-state index in [-0.39, 0.29) is 23.6 Å². The average molecular weight is 440 g/mol. The van der Waals surface area contributed by atoms with E-state index in [0.717, 1.165) is 0 Å². The minimum Gasteiger partial charge on any atom is -0.507 e. The molecule has 1 unspecified atom stereocenters. The molecular formula is C23H24N2O7. The summed E-state index contributed by atoms with van der Waals surface area (Å²) in [7, 11) is 1.54. The highest BCUT2D eigenvalue weighted by Gasteiger charge is 2.45. The van der Waals surface area contributed by atoms with E-state index < -0.39 is 22.7 Å². The fraction of sp³-hybridized carbons (Fsp3) is 0.304. The second-order valence-corrected chi connectivity index (χ2v) is 7.14. The van der Waals surface area contributed by atoms with Crippen LogP contribution in [0.15, 0.2) is 54.1 Å². The number of likely N-dealkylation sites (tertiary alicyclic amines) is 1. The molecule has 9 heteroatoms. The molecule has 0 aromatic heterocycles. The lowest BCUT2D eigenvalue weighted by Crippen LogP contribution is -2.31. The predicted octanol–water partition coefficient (Wildman–Crippen LogP) is 3.45. The number of hydrogen-bond donors (Lipinski definition) is 1. The van der Waals surface area contributed by atoms with E-state index in [0.29, 0.717) is 36.5 Å². The first-order chi connectivity index (χ1) is 15.4. The van der Waals surface area contributed by atoms with Gasteiger partial charge in [-0.15, -0.1) is 0 Å². The van der Waals surface area contributed by atoms with Crippen LogP contribution in [0, 0.1) is 10.1 Å². The standard InChI is InChI=1S/C23H24N2O7/c1-3-32-18-11-7-16(8-12-18)21(26)19-20(15-5-9-17(10-6-15)25(29)30)24(13-4-14-31-2)23(28)22(19)27/h5-12,20,26H,3-4,13-14H2,1-2H3. The molecule has 9 nitrogen and oxygen atoms in total. The van der Waals surface area contributed by atoms with Crippen molar-refractivity contribution in [2.45, 2.75) is 19.4 Å². The largest absolute Gasteiger partial charge is 0.507 e. The van der Waals surface area contributed by atoms with Crippen molar-refractivity contribution in [2.75, 3.05) is 26.9 Å². The molecule has 1 atom stereocenters. The summed E-state index contributed by atoms with van der Waals surface area (Å²) in [4.78, 5) is 37.6. The first-order valence-corrected chi connectivity index (χ1v) is 10.1. The first kappa shape index (κ1) is 23.0. The van der Waals surface area contributed by atoms with E-state index in [9.17, 15) is 24.8 Å². The highest BCUT2D eigenvalue weighted by molar-refractivity contribution is 6.46. The van der Waals surface area contributed by atoms with Gasteiger partial charge in [0, 0.05) is 38.0 Å². The SMILES string of the molecule is CCOc1ccc(C(O)=C2C(=O)C(=O)N(CCCOC)C2c2ccc([N+](=O)[O-])cc2)cc1. The smallest absolute Gasteiger partial charge is 0.295 e. The van der Waals surface area contributed by atoms with Crippen LogP contribution in [0.2, 0.25) is 0 Å². The number of nitro groups is 1. The van der Waals surface area contributed by atoms with Gasteiger partial charge in [0.15, 0.2) is 0 Å². The Morgan fingerprint density at radius 1 is 1.12 bits per heavy atom. The summed E-state index contributed by atoms with van der Waals surface area (Å²) in [5.41, 5.74) is 0.664. The zero-order valence-corrected chi connectivity index (χ0v) is 17.8. The number of benzene rings is 2. The number of carbonyl (C=O) groups is 2. The zero-order valence-electron chi connectivity index (χ0n) is 17.8. The molecule has 2 aromatic carbocycles. The van der Waals surface area contributed by atoms with E-state index in [1.165, 1.54) is 36.3 Å². The van der Waals surface area contributed by atoms with Crippen molar-refractivity contribution in [3.8, 4) is 5.75 Å². The van der Waals surface area contributed by atoms with Gasteiger partial charge < -0.3 is 19.5 Å². The van der Waals surface area contributed by atoms with Gasteiger partial charge in [0.05, 0.1) is 23.1 Å². The van der Waals surface area contributed by atoms with Crippen molar-refractivity contribution in [2.24, 2.45) is 0 Å². The summed E-state index contributed by atoms with van der Waals surface area (Å²) in [5.74, 6) is -1.26. The molecule has 32 heavy (non-hydrogen) atoms. The van der Waals surface area contributed by atoms with Gasteiger partial charge in [-0.1, -0.05) is 0 Å². The summed E-state index contributed by atoms with van der Waals surface area (Å²) in [6.45, 7) is 2.94. The van der Waals surface area contributed by atoms with Gasteiger partial charge in [0.25, 0.3) is 17.4 Å². The van der Waals surface area contributed by atoms with Crippen LogP contribution in [0.4, 0.5) is 5.69 Å². The predicted molar refractivity (Wildman–Crippen MR) is 116 cm³/mol. The maximum atomic E-state index is 12.9. The van der Waals surface area contributed by atoms with Gasteiger partial charge in [-0.2, -0.15) is 0 Å². The number of Topliss-reactive ketones (excluding diaryl/α,β-unsaturated/α-hetero) is 1. The number of hydrogen-bond acceptors (Lipinski definition) is 7. The molecule has 2 aromatic rings. The Morgan fingerprint density at radius 2 is 1.78 bits per heavy atom. The number of nitro benzene ring substituents is 1. The van der Waals surface area contributed by atoms with E-state index in [4.69, 9.17) is 9.47 Å². The topological polar surface area (TPSA) is 119 Å². The Hall–Kier alpha value is -3.72. The van der Waals surface area contributed by atoms with Crippen LogP contribution in [-0.4, -0.2) is 53.5 Å². The van der Waals surface area contributed by atoms with Crippen LogP contribution >= 0.6 is 0 Å². The number of aliphatic hydroxyl groups excluding tert-OH is 1. The molecule has 1 N–H and O–H groups in total. The summed E-state index contributed by atoms with van der Waals surface area (Å²) in [6.07, 6.45) is 0.482. The van der Waals surface area contributed by atoms with Crippen LogP contribution in [0.5, 0.6) is 5.75 Å². The monoisotopic (exact) mass is 440 g/mol. The van der Waals surface area contributed by atoms with Crippen LogP contribution in [0.1, 0.15) is 30.5 Å². The Balaban J connectivity index is 2.07. The Labute approximate surface area is 185 Å². The molecule has 0 aliphatic carbocycles. The summed E-state index contributed by atoms with van der Waals surface area (Å²) < 4.78 is 10.5. The first-order valence-electron chi connectivity index (χ1n) is 10.1. The zero-order chi connectivity index (χ0) is 23.3. The molecule has 1 aliphatic rings. The van der Waals surface area contributed by atoms with Crippen LogP contribution in [0.25, 0.3) is 5.76 Å². The van der Waals surface area contributed by atoms with E-state index in [2.05, 4.69) is 0 Å². The fourth-order valence-corrected chi connectivity index (χ4v) is 3.65. The summed E-state index contributed by atoms with van der Waals surface area (Å²) in [6, 6.07) is 11.2. The molecule has 1 amide bonds. The van der Waals surface area contributed by atoms with Crippen LogP contribution < -0.4 is 4.74 Å². The van der Waals surface area contributed by atoms with Crippen molar-refractivity contribution >= 4 is 23.1 Å². The number of nitrogens with zero attached hydrogens (tertiary/aromatic N) is 2. The lowest BCUT2D eigenvalue weighted by atomic mass is 9.95. The lowest BCUT2D eigenvalue weighted by Gasteiger charge is -2.25. The third-order valence-electron chi connectivity index (χ3n) is 5.15. The maximum absolute atomic E-state index is 12.9. The number of ether oxygens (including phenoxy) is 2. The third-order valence-corrected chi connectivity index (χ3v) is 5.15. The Bertz CT molecular complexity index is 1030. The Morgan fingerprint density at radius 3 is 2.34 bits per heavy atom. The van der Waals surface area contributed by atoms with E-state index in [1.54, 1.807) is 24.3 Å². The van der Waals surface area contributed by atoms with Crippen molar-refractivity contribution < 1.29 is 29.1 Å². The number of amides is 1. The highest BCUT2D eigenvalue weighted by Crippen LogP contribution is 2.40. The highest BCUT2D eigenvalue weighted by atomic mass is 16.6. The maximum Gasteiger partial charge on any atom is 0.295 e. The molecule has 1 aliphatic heterocycles. The van der Waals surface area contributed by atoms with Crippen LogP contribution in [0.3, 0.4) is 0 Å². The van der Waals surface area contributed by atoms with Gasteiger partial charge >= 0.3 is 0 Å². The lowest BCUT2D eigenvalue weighted by molar-refractivity contribution is -0.384. The number of carbonyl (C=O) groups excluding carboxylic acids is 2. The van der Waals surface area contributed by atoms with E-state index in [1.807, 2.05) is 6.92 Å². The van der Waals surface area contributed by atoms with E-state index >= 15 is 0 Å². The molecule has 168 valence electrons. The van der Waals surface area contributed by atoms with Gasteiger partial charge in [0.2, 0.25) is 0 Å². The molecule has 3 rings (SSSR count). The van der Waals surface area contributed by atoms with Gasteiger partial charge in [-0.05, 0) is 55.3 Å². The number of aliphatic hydroxyl groups is 1. The van der Waals surface area contributed by atoms with Crippen molar-refractivity contribution in [3.63, 3.8) is 0 Å². The molecule has 0 saturated carbocycles.